The molecule has 0 radical (unpaired) electrons. The van der Waals surface area contributed by atoms with Crippen LogP contribution in [0, 0.1) is 63.2 Å². The van der Waals surface area contributed by atoms with Gasteiger partial charge in [0.05, 0.1) is 7.11 Å². The second-order valence-electron chi connectivity index (χ2n) is 25.5. The molecule has 6 atom stereocenters. The lowest BCUT2D eigenvalue weighted by Gasteiger charge is -2.24. The number of methoxy groups -OCH3 is 1. The topological polar surface area (TPSA) is 267 Å². The molecule has 0 bridgehead atoms. The first-order valence-corrected chi connectivity index (χ1v) is 32.7. The molecule has 4 aromatic heterocycles. The number of aromatic hydroxyl groups is 4. The highest BCUT2D eigenvalue weighted by Gasteiger charge is 2.19. The number of ether oxygens (including phenoxy) is 1. The van der Waals surface area contributed by atoms with E-state index < -0.39 is 11.6 Å². The van der Waals surface area contributed by atoms with Gasteiger partial charge in [-0.1, -0.05) is 139 Å². The van der Waals surface area contributed by atoms with Crippen molar-refractivity contribution < 1.29 is 57.2 Å². The van der Waals surface area contributed by atoms with Gasteiger partial charge in [0, 0.05) is 51.7 Å². The average molecular weight is 1390 g/mol. The molecule has 1 fully saturated rings. The number of nitrogens with zero attached hydrogens (tertiary/aromatic N) is 5. The van der Waals surface area contributed by atoms with Crippen molar-refractivity contribution in [3.63, 3.8) is 0 Å². The quantitative estimate of drug-likeness (QED) is 0.0549. The lowest BCUT2D eigenvalue weighted by atomic mass is 9.84. The van der Waals surface area contributed by atoms with Crippen molar-refractivity contribution in [2.75, 3.05) is 20.2 Å². The number of carbonyl (C=O) groups excluding carboxylic acids is 3. The molecule has 1 saturated heterocycles. The van der Waals surface area contributed by atoms with E-state index in [2.05, 4.69) is 120 Å². The van der Waals surface area contributed by atoms with Crippen LogP contribution in [0.3, 0.4) is 0 Å². The highest BCUT2D eigenvalue weighted by Crippen LogP contribution is 2.31. The molecular formula is C82H115N5O14. The summed E-state index contributed by atoms with van der Waals surface area (Å²) in [5.74, 6) is 1.14. The minimum Gasteiger partial charge on any atom is -0.504 e. The van der Waals surface area contributed by atoms with Crippen LogP contribution >= 0.6 is 0 Å². The fraction of sp³-hybridized carbons (Fsp3) is 0.427. The number of phenolic OH excluding ortho intramolecular Hbond substituents is 4. The van der Waals surface area contributed by atoms with Crippen LogP contribution in [0.5, 0.6) is 23.0 Å². The van der Waals surface area contributed by atoms with Crippen LogP contribution in [0.1, 0.15) is 167 Å². The molecule has 10 aromatic rings. The Balaban J connectivity index is 0.000000634. The van der Waals surface area contributed by atoms with Crippen molar-refractivity contribution in [1.29, 1.82) is 0 Å². The Bertz CT molecular complexity index is 3830. The zero-order valence-corrected chi connectivity index (χ0v) is 57.7. The van der Waals surface area contributed by atoms with Gasteiger partial charge in [-0.2, -0.15) is 0 Å². The van der Waals surface area contributed by atoms with Gasteiger partial charge in [0.25, 0.3) is 0 Å². The maximum absolute atomic E-state index is 11.4. The van der Waals surface area contributed by atoms with Gasteiger partial charge < -0.3 is 47.7 Å². The Labute approximate surface area is 598 Å². The van der Waals surface area contributed by atoms with Crippen LogP contribution < -0.4 is 11.6 Å². The summed E-state index contributed by atoms with van der Waals surface area (Å²) in [4.78, 5) is 63.5. The maximum Gasteiger partial charge on any atom is 0.519 e. The van der Waals surface area contributed by atoms with E-state index in [-0.39, 0.29) is 78.0 Å². The lowest BCUT2D eigenvalue weighted by molar-refractivity contribution is -0.138. The molecule has 19 nitrogen and oxygen atoms in total. The van der Waals surface area contributed by atoms with Crippen LogP contribution in [0.2, 0.25) is 0 Å². The molecule has 0 saturated carbocycles. The third-order valence-electron chi connectivity index (χ3n) is 17.8. The molecule has 11 rings (SSSR count). The number of piperidine rings is 1. The predicted molar refractivity (Wildman–Crippen MR) is 406 cm³/mol. The van der Waals surface area contributed by atoms with E-state index in [1.807, 2.05) is 41.3 Å². The number of benzene rings is 6. The van der Waals surface area contributed by atoms with E-state index in [9.17, 15) is 44.4 Å². The summed E-state index contributed by atoms with van der Waals surface area (Å²) in [6.07, 6.45) is 18.5. The van der Waals surface area contributed by atoms with Gasteiger partial charge in [-0.05, 0) is 225 Å². The summed E-state index contributed by atoms with van der Waals surface area (Å²) in [6, 6.07) is 34.6. The van der Waals surface area contributed by atoms with Gasteiger partial charge >= 0.3 is 23.6 Å². The number of aromatic nitrogens is 4. The molecule has 19 heteroatoms. The molecule has 5 heterocycles. The first kappa shape index (κ1) is 89.1. The maximum atomic E-state index is 11.4. The standard InChI is InChI=1S/C22H30.C20H18O6.C18H22O4.C7H6N4O.C7H13NO.C3H6O2.5CH4/c1-15-7-9-21(11-17(15)3)13-19(5)20(6)14-22-10-8-16(2)18(4)12-22;1-11(7-13-3-5-15-17(9-13)25-19(21)23-15)12(2)8-14-4-6-16-18(10-14)26-20(22)24-16;1-11(7-13-3-5-15(19)17(21)9-13)12(2)8-14-4-6-16(20)18(22)10-14;12-7(10-3-1-8-5-10)11-4-2-9-6-11;1-7(9)8-5-3-2-4-6-8;1-3(4)5-2;;;;;/h7-12,19-20H,13-14H2,1-6H3;3-6,9-12H,7-8H2,1-2H3;3-6,9-12,19-22H,7-8H2,1-2H3;1-6H;2-6H2,1H3;1-2H3;5*1H4/t19-,20+;2*11-,12+;;;;;;;;. The molecule has 552 valence electrons. The fourth-order valence-corrected chi connectivity index (χ4v) is 10.9. The summed E-state index contributed by atoms with van der Waals surface area (Å²) in [6.45, 7) is 27.2. The lowest BCUT2D eigenvalue weighted by Crippen LogP contribution is -2.33. The van der Waals surface area contributed by atoms with E-state index >= 15 is 0 Å². The molecule has 0 aliphatic carbocycles. The number of rotatable bonds is 15. The Morgan fingerprint density at radius 3 is 1.00 bits per heavy atom. The van der Waals surface area contributed by atoms with Crippen LogP contribution in [-0.2, 0) is 52.9 Å². The highest BCUT2D eigenvalue weighted by atomic mass is 16.6. The number of hydrogen-bond acceptors (Lipinski definition) is 16. The van der Waals surface area contributed by atoms with Crippen molar-refractivity contribution in [3.05, 3.63) is 224 Å². The van der Waals surface area contributed by atoms with Crippen LogP contribution in [0.25, 0.3) is 22.3 Å². The van der Waals surface area contributed by atoms with E-state index in [0.29, 0.717) is 57.8 Å². The smallest absolute Gasteiger partial charge is 0.504 e. The monoisotopic (exact) mass is 1390 g/mol. The molecule has 101 heavy (non-hydrogen) atoms. The number of aryl methyl sites for hydroxylation is 4. The largest absolute Gasteiger partial charge is 0.519 e. The third-order valence-corrected chi connectivity index (χ3v) is 17.8. The first-order valence-electron chi connectivity index (χ1n) is 32.7. The van der Waals surface area contributed by atoms with Crippen molar-refractivity contribution in [2.24, 2.45) is 35.5 Å². The number of esters is 1. The minimum atomic E-state index is -0.681. The predicted octanol–water partition coefficient (Wildman–Crippen LogP) is 18.7. The normalized spacial score (nSPS) is 12.9. The fourth-order valence-electron chi connectivity index (χ4n) is 10.9. The van der Waals surface area contributed by atoms with E-state index in [1.165, 1.54) is 113 Å². The zero-order chi connectivity index (χ0) is 70.2. The Morgan fingerprint density at radius 1 is 0.426 bits per heavy atom. The van der Waals surface area contributed by atoms with Crippen LogP contribution in [0.4, 0.5) is 4.79 Å². The molecule has 1 aliphatic heterocycles. The number of amides is 1. The number of likely N-dealkylation sites (tertiary alicyclic amines) is 1. The highest BCUT2D eigenvalue weighted by molar-refractivity contribution is 5.78. The van der Waals surface area contributed by atoms with Gasteiger partial charge in [-0.3, -0.25) is 18.7 Å². The van der Waals surface area contributed by atoms with Crippen molar-refractivity contribution in [1.82, 2.24) is 24.0 Å². The molecular weight excluding hydrogens is 1280 g/mol. The van der Waals surface area contributed by atoms with E-state index in [0.717, 1.165) is 61.0 Å². The Morgan fingerprint density at radius 2 is 0.723 bits per heavy atom. The van der Waals surface area contributed by atoms with Crippen LogP contribution in [0.15, 0.2) is 174 Å². The summed E-state index contributed by atoms with van der Waals surface area (Å²) in [7, 11) is 1.35. The average Bonchev–Trinajstić information content (AvgIpc) is 1.76. The number of phenols is 4. The number of carbonyl (C=O) groups is 3. The summed E-state index contributed by atoms with van der Waals surface area (Å²) < 4.78 is 26.8. The molecule has 6 aromatic carbocycles. The van der Waals surface area contributed by atoms with E-state index in [1.54, 1.807) is 56.0 Å². The van der Waals surface area contributed by atoms with Crippen molar-refractivity contribution in [3.8, 4) is 23.0 Å². The van der Waals surface area contributed by atoms with Gasteiger partial charge in [0.15, 0.2) is 45.3 Å². The molecule has 1 aliphatic rings. The second-order valence-corrected chi connectivity index (χ2v) is 25.5. The van der Waals surface area contributed by atoms with Gasteiger partial charge in [0.2, 0.25) is 5.91 Å². The Kier molecular flexibility index (Phi) is 38.4. The van der Waals surface area contributed by atoms with Gasteiger partial charge in [0.1, 0.15) is 12.7 Å². The number of hydrogen-bond donors (Lipinski definition) is 4. The van der Waals surface area contributed by atoms with Crippen molar-refractivity contribution in [2.45, 2.75) is 178 Å². The SMILES string of the molecule is C.C.C.C.C.CC(=O)N1CCCCC1.COC(C)=O.C[C@H](Cc1ccc(O)c(O)c1)[C@@H](C)Cc1ccc(O)c(O)c1.C[C@H](Cc1ccc2oc(=O)oc2c1)[C@@H](C)Cc1ccc2oc(=O)oc2c1.Cc1ccc(C[C@@H](C)[C@@H](C)Cc2ccc(C)c(C)c2)cc1C.O=C(n1ccnc1)n1ccnc1. The summed E-state index contributed by atoms with van der Waals surface area (Å²) in [5.41, 5.74) is 14.6. The van der Waals surface area contributed by atoms with Crippen LogP contribution in [-0.4, -0.2) is 82.5 Å². The number of fused-ring (bicyclic) bond motifs is 2. The minimum absolute atomic E-state index is 0. The molecule has 1 amide bonds. The van der Waals surface area contributed by atoms with E-state index in [4.69, 9.17) is 17.7 Å². The zero-order valence-electron chi connectivity index (χ0n) is 57.7. The second kappa shape index (κ2) is 43.6. The van der Waals surface area contributed by atoms with Crippen molar-refractivity contribution >= 4 is 40.2 Å². The van der Waals surface area contributed by atoms with Gasteiger partial charge in [-0.25, -0.2) is 24.4 Å². The molecule has 0 spiro atoms. The third kappa shape index (κ3) is 28.7. The first-order chi connectivity index (χ1) is 45.7. The Hall–Kier alpha value is -9.91. The summed E-state index contributed by atoms with van der Waals surface area (Å²) in [5, 5.41) is 37.8. The summed E-state index contributed by atoms with van der Waals surface area (Å²) >= 11 is 0. The molecule has 0 unspecified atom stereocenters. The van der Waals surface area contributed by atoms with Gasteiger partial charge in [-0.15, -0.1) is 0 Å². The molecule has 4 N–H and O–H groups in total. The number of imidazole rings is 2.